The molecule has 0 spiro atoms. The number of carbonyl (C=O) groups excluding carboxylic acids is 2. The second-order valence-corrected chi connectivity index (χ2v) is 7.68. The number of thiol groups is 1. The number of nitro groups is 1. The molecule has 3 aromatic rings. The summed E-state index contributed by atoms with van der Waals surface area (Å²) in [6.45, 7) is 7.43. The van der Waals surface area contributed by atoms with E-state index in [4.69, 9.17) is 0 Å². The number of carbonyl (C=O) groups is 2. The standard InChI is InChI=1S/C11H10OS.C8H7NO3.C2H6S/c1-7-3-4-10-9(5-7)6-11(13-10)8(2)12;1-6-2-3-8(9(11)12)7(4-6)5-10;1-2-3/h3-6H,1-2H3;2-5H,1H3;3H,2H2,1H3. The van der Waals surface area contributed by atoms with E-state index in [1.165, 1.54) is 27.8 Å². The van der Waals surface area contributed by atoms with Crippen LogP contribution in [-0.2, 0) is 0 Å². The van der Waals surface area contributed by atoms with Crippen molar-refractivity contribution in [3.63, 3.8) is 0 Å². The van der Waals surface area contributed by atoms with Crippen LogP contribution in [0.4, 0.5) is 5.69 Å². The molecule has 0 saturated carbocycles. The fourth-order valence-corrected chi connectivity index (χ4v) is 3.21. The molecule has 2 aromatic carbocycles. The predicted octanol–water partition coefficient (Wildman–Crippen LogP) is 6.06. The van der Waals surface area contributed by atoms with E-state index < -0.39 is 4.92 Å². The SMILES string of the molecule is CC(=O)c1cc2cc(C)ccc2s1.CCS.Cc1ccc([N+](=O)[O-])c(C=O)c1. The molecule has 0 fully saturated rings. The molecule has 0 aliphatic heterocycles. The van der Waals surface area contributed by atoms with Crippen LogP contribution in [0.1, 0.15) is 45.0 Å². The van der Waals surface area contributed by atoms with E-state index >= 15 is 0 Å². The van der Waals surface area contributed by atoms with Crippen molar-refractivity contribution in [2.24, 2.45) is 0 Å². The minimum atomic E-state index is -0.566. The molecule has 0 aliphatic rings. The lowest BCUT2D eigenvalue weighted by atomic mass is 10.1. The second-order valence-electron chi connectivity index (χ2n) is 5.96. The van der Waals surface area contributed by atoms with Crippen molar-refractivity contribution >= 4 is 51.8 Å². The molecule has 3 rings (SSSR count). The zero-order valence-corrected chi connectivity index (χ0v) is 18.0. The summed E-state index contributed by atoms with van der Waals surface area (Å²) in [7, 11) is 0. The number of fused-ring (bicyclic) bond motifs is 1. The summed E-state index contributed by atoms with van der Waals surface area (Å²) in [5.41, 5.74) is 2.05. The van der Waals surface area contributed by atoms with Gasteiger partial charge in [-0.25, -0.2) is 0 Å². The molecule has 0 amide bonds. The predicted molar refractivity (Wildman–Crippen MR) is 119 cm³/mol. The number of rotatable bonds is 3. The molecule has 0 bridgehead atoms. The summed E-state index contributed by atoms with van der Waals surface area (Å²) in [5, 5.41) is 11.5. The van der Waals surface area contributed by atoms with Gasteiger partial charge in [-0.3, -0.25) is 19.7 Å². The summed E-state index contributed by atoms with van der Waals surface area (Å²) in [6.07, 6.45) is 0.491. The molecule has 0 aliphatic carbocycles. The Bertz CT molecular complexity index is 980. The van der Waals surface area contributed by atoms with E-state index in [9.17, 15) is 19.7 Å². The van der Waals surface area contributed by atoms with Crippen molar-refractivity contribution in [1.29, 1.82) is 0 Å². The van der Waals surface area contributed by atoms with E-state index in [2.05, 4.69) is 37.8 Å². The first-order valence-electron chi connectivity index (χ1n) is 8.55. The molecule has 0 atom stereocenters. The van der Waals surface area contributed by atoms with Crippen LogP contribution in [0.5, 0.6) is 0 Å². The van der Waals surface area contributed by atoms with E-state index in [0.29, 0.717) is 6.29 Å². The highest BCUT2D eigenvalue weighted by Gasteiger charge is 2.11. The Morgan fingerprint density at radius 2 is 1.71 bits per heavy atom. The lowest BCUT2D eigenvalue weighted by Crippen LogP contribution is -1.94. The molecule has 0 N–H and O–H groups in total. The molecule has 0 saturated heterocycles. The van der Waals surface area contributed by atoms with Gasteiger partial charge in [0.2, 0.25) is 0 Å². The minimum absolute atomic E-state index is 0.125. The van der Waals surface area contributed by atoms with Gasteiger partial charge in [0.15, 0.2) is 12.1 Å². The highest BCUT2D eigenvalue weighted by molar-refractivity contribution is 7.80. The van der Waals surface area contributed by atoms with Crippen LogP contribution in [0.2, 0.25) is 0 Å². The summed E-state index contributed by atoms with van der Waals surface area (Å²) >= 11 is 5.35. The van der Waals surface area contributed by atoms with Crippen molar-refractivity contribution in [3.05, 3.63) is 74.1 Å². The molecule has 1 heterocycles. The van der Waals surface area contributed by atoms with Gasteiger partial charge in [0, 0.05) is 10.8 Å². The number of thiophene rings is 1. The first-order chi connectivity index (χ1) is 13.2. The third-order valence-electron chi connectivity index (χ3n) is 3.53. The van der Waals surface area contributed by atoms with E-state index in [-0.39, 0.29) is 17.0 Å². The highest BCUT2D eigenvalue weighted by Crippen LogP contribution is 2.26. The number of Topliss-reactive ketones (excluding diaryl/α,β-unsaturated/α-hetero) is 1. The highest BCUT2D eigenvalue weighted by atomic mass is 32.1. The minimum Gasteiger partial charge on any atom is -0.298 e. The lowest BCUT2D eigenvalue weighted by Gasteiger charge is -1.95. The van der Waals surface area contributed by atoms with Crippen LogP contribution in [-0.4, -0.2) is 22.7 Å². The van der Waals surface area contributed by atoms with Gasteiger partial charge in [0.1, 0.15) is 0 Å². The Morgan fingerprint density at radius 1 is 1.14 bits per heavy atom. The number of hydrogen-bond acceptors (Lipinski definition) is 6. The average Bonchev–Trinajstić information content (AvgIpc) is 3.06. The van der Waals surface area contributed by atoms with E-state index in [0.717, 1.165) is 16.2 Å². The number of nitro benzene ring substituents is 1. The number of nitrogens with zero attached hydrogens (tertiary/aromatic N) is 1. The summed E-state index contributed by atoms with van der Waals surface area (Å²) < 4.78 is 1.19. The molecular formula is C21H23NO4S2. The second kappa shape index (κ2) is 11.4. The van der Waals surface area contributed by atoms with Crippen molar-refractivity contribution < 1.29 is 14.5 Å². The van der Waals surface area contributed by atoms with Crippen LogP contribution in [0.25, 0.3) is 10.1 Å². The number of hydrogen-bond donors (Lipinski definition) is 1. The fourth-order valence-electron chi connectivity index (χ4n) is 2.27. The number of benzene rings is 2. The van der Waals surface area contributed by atoms with Gasteiger partial charge in [-0.1, -0.05) is 30.7 Å². The third kappa shape index (κ3) is 6.90. The number of aryl methyl sites for hydroxylation is 2. The maximum atomic E-state index is 11.1. The van der Waals surface area contributed by atoms with Gasteiger partial charge >= 0.3 is 0 Å². The largest absolute Gasteiger partial charge is 0.298 e. The van der Waals surface area contributed by atoms with Crippen LogP contribution in [0.15, 0.2) is 42.5 Å². The van der Waals surface area contributed by atoms with Crippen molar-refractivity contribution in [1.82, 2.24) is 0 Å². The van der Waals surface area contributed by atoms with Crippen LogP contribution >= 0.6 is 24.0 Å². The first-order valence-corrected chi connectivity index (χ1v) is 10.0. The van der Waals surface area contributed by atoms with Crippen molar-refractivity contribution in [2.45, 2.75) is 27.7 Å². The first kappa shape index (κ1) is 23.5. The summed E-state index contributed by atoms with van der Waals surface area (Å²) in [5.74, 6) is 1.10. The smallest absolute Gasteiger partial charge is 0.279 e. The molecule has 0 unspecified atom stereocenters. The Balaban J connectivity index is 0.000000247. The number of aldehydes is 1. The van der Waals surface area contributed by atoms with E-state index in [1.807, 2.05) is 13.0 Å². The molecule has 0 radical (unpaired) electrons. The zero-order chi connectivity index (χ0) is 21.3. The van der Waals surface area contributed by atoms with Gasteiger partial charge in [0.05, 0.1) is 15.4 Å². The monoisotopic (exact) mass is 417 g/mol. The molecule has 28 heavy (non-hydrogen) atoms. The Morgan fingerprint density at radius 3 is 2.25 bits per heavy atom. The Hall–Kier alpha value is -2.51. The van der Waals surface area contributed by atoms with Gasteiger partial charge in [-0.05, 0) is 55.7 Å². The van der Waals surface area contributed by atoms with Crippen molar-refractivity contribution in [2.75, 3.05) is 5.75 Å². The fraction of sp³-hybridized carbons (Fsp3) is 0.238. The van der Waals surface area contributed by atoms with Gasteiger partial charge in [-0.15, -0.1) is 11.3 Å². The van der Waals surface area contributed by atoms with Crippen LogP contribution in [0, 0.1) is 24.0 Å². The van der Waals surface area contributed by atoms with Gasteiger partial charge < -0.3 is 0 Å². The lowest BCUT2D eigenvalue weighted by molar-refractivity contribution is -0.385. The third-order valence-corrected chi connectivity index (χ3v) is 4.74. The van der Waals surface area contributed by atoms with E-state index in [1.54, 1.807) is 31.3 Å². The number of ketones is 1. The average molecular weight is 418 g/mol. The Kier molecular flexibility index (Phi) is 9.55. The normalized spacial score (nSPS) is 9.61. The Labute approximate surface area is 174 Å². The summed E-state index contributed by atoms with van der Waals surface area (Å²) in [6, 6.07) is 12.6. The molecule has 5 nitrogen and oxygen atoms in total. The molecule has 148 valence electrons. The maximum Gasteiger partial charge on any atom is 0.279 e. The van der Waals surface area contributed by atoms with Gasteiger partial charge in [-0.2, -0.15) is 12.6 Å². The molecule has 1 aromatic heterocycles. The molecular weight excluding hydrogens is 394 g/mol. The van der Waals surface area contributed by atoms with Crippen molar-refractivity contribution in [3.8, 4) is 0 Å². The van der Waals surface area contributed by atoms with Crippen LogP contribution < -0.4 is 0 Å². The zero-order valence-electron chi connectivity index (χ0n) is 16.3. The van der Waals surface area contributed by atoms with Gasteiger partial charge in [0.25, 0.3) is 5.69 Å². The molecule has 7 heteroatoms. The quantitative estimate of drug-likeness (QED) is 0.185. The van der Waals surface area contributed by atoms with Crippen LogP contribution in [0.3, 0.4) is 0 Å². The topological polar surface area (TPSA) is 77.3 Å². The maximum absolute atomic E-state index is 11.1. The summed E-state index contributed by atoms with van der Waals surface area (Å²) in [4.78, 5) is 32.1.